The number of carbonyl (C=O) groups is 1. The number of aldehydes is 1. The molecule has 78 valence electrons. The number of aryl methyl sites for hydroxylation is 1. The quantitative estimate of drug-likeness (QED) is 0.671. The minimum absolute atomic E-state index is 0.281. The number of nitrogens with zero attached hydrogens (tertiary/aromatic N) is 1. The Kier molecular flexibility index (Phi) is 2.03. The summed E-state index contributed by atoms with van der Waals surface area (Å²) in [6.45, 7) is 2.20. The van der Waals surface area contributed by atoms with E-state index in [0.29, 0.717) is 23.9 Å². The minimum atomic E-state index is -0.482. The molecule has 0 amide bonds. The summed E-state index contributed by atoms with van der Waals surface area (Å²) in [6, 6.07) is 1.42. The molecule has 2 aromatic rings. The lowest BCUT2D eigenvalue weighted by atomic mass is 10.3. The lowest BCUT2D eigenvalue weighted by Gasteiger charge is -2.01. The van der Waals surface area contributed by atoms with Gasteiger partial charge in [0.25, 0.3) is 5.56 Å². The second-order valence-corrected chi connectivity index (χ2v) is 3.11. The van der Waals surface area contributed by atoms with Crippen LogP contribution in [0.25, 0.3) is 11.0 Å². The molecular formula is C9H9N3O3. The molecule has 0 radical (unpaired) electrons. The maximum atomic E-state index is 11.4. The van der Waals surface area contributed by atoms with Gasteiger partial charge in [-0.15, -0.1) is 0 Å². The van der Waals surface area contributed by atoms with E-state index in [1.807, 2.05) is 0 Å². The average Bonchev–Trinajstić information content (AvgIpc) is 2.62. The highest BCUT2D eigenvalue weighted by Crippen LogP contribution is 2.07. The molecule has 0 spiro atoms. The zero-order valence-electron chi connectivity index (χ0n) is 8.03. The molecule has 0 bridgehead atoms. The van der Waals surface area contributed by atoms with Gasteiger partial charge >= 0.3 is 5.69 Å². The van der Waals surface area contributed by atoms with Gasteiger partial charge < -0.3 is 4.98 Å². The van der Waals surface area contributed by atoms with E-state index >= 15 is 0 Å². The van der Waals surface area contributed by atoms with Crippen LogP contribution in [0.3, 0.4) is 0 Å². The van der Waals surface area contributed by atoms with Crippen molar-refractivity contribution in [2.24, 2.45) is 0 Å². The molecule has 2 rings (SSSR count). The van der Waals surface area contributed by atoms with Crippen LogP contribution in [0.4, 0.5) is 0 Å². The third-order valence-electron chi connectivity index (χ3n) is 2.24. The molecule has 0 saturated carbocycles. The summed E-state index contributed by atoms with van der Waals surface area (Å²) >= 11 is 0. The van der Waals surface area contributed by atoms with Crippen LogP contribution in [-0.4, -0.2) is 20.8 Å². The Morgan fingerprint density at radius 2 is 2.13 bits per heavy atom. The van der Waals surface area contributed by atoms with Crippen LogP contribution in [0.1, 0.15) is 17.4 Å². The number of carbonyl (C=O) groups excluding carboxylic acids is 1. The van der Waals surface area contributed by atoms with Crippen LogP contribution in [-0.2, 0) is 6.54 Å². The number of H-pyrrole nitrogens is 2. The molecule has 6 nitrogen and oxygen atoms in total. The Bertz CT molecular complexity index is 632. The first-order valence-electron chi connectivity index (χ1n) is 4.48. The van der Waals surface area contributed by atoms with Crippen molar-refractivity contribution in [3.63, 3.8) is 0 Å². The molecule has 15 heavy (non-hydrogen) atoms. The number of aromatic nitrogens is 3. The third-order valence-corrected chi connectivity index (χ3v) is 2.24. The molecule has 2 heterocycles. The van der Waals surface area contributed by atoms with E-state index in [2.05, 4.69) is 9.97 Å². The molecule has 6 heteroatoms. The molecule has 0 aromatic carbocycles. The summed E-state index contributed by atoms with van der Waals surface area (Å²) in [7, 11) is 0. The predicted octanol–water partition coefficient (Wildman–Crippen LogP) is -0.150. The highest BCUT2D eigenvalue weighted by Gasteiger charge is 2.09. The van der Waals surface area contributed by atoms with Crippen molar-refractivity contribution in [3.05, 3.63) is 32.6 Å². The lowest BCUT2D eigenvalue weighted by Crippen LogP contribution is -2.29. The van der Waals surface area contributed by atoms with Crippen LogP contribution >= 0.6 is 0 Å². The van der Waals surface area contributed by atoms with Gasteiger partial charge in [-0.1, -0.05) is 0 Å². The van der Waals surface area contributed by atoms with Crippen molar-refractivity contribution in [1.82, 2.24) is 14.5 Å². The highest BCUT2D eigenvalue weighted by atomic mass is 16.2. The van der Waals surface area contributed by atoms with Crippen molar-refractivity contribution in [1.29, 1.82) is 0 Å². The number of hydrogen-bond donors (Lipinski definition) is 2. The highest BCUT2D eigenvalue weighted by molar-refractivity contribution is 5.85. The van der Waals surface area contributed by atoms with E-state index in [1.54, 1.807) is 6.92 Å². The van der Waals surface area contributed by atoms with Gasteiger partial charge in [-0.05, 0) is 13.0 Å². The first-order chi connectivity index (χ1) is 7.17. The number of nitrogens with one attached hydrogen (secondary N) is 2. The Balaban J connectivity index is 3.00. The van der Waals surface area contributed by atoms with E-state index in [4.69, 9.17) is 0 Å². The molecule has 0 atom stereocenters. The Hall–Kier alpha value is -2.11. The molecular weight excluding hydrogens is 198 g/mol. The Labute approximate surface area is 83.6 Å². The molecule has 0 fully saturated rings. The largest absolute Gasteiger partial charge is 0.338 e. The number of rotatable bonds is 2. The van der Waals surface area contributed by atoms with Crippen LogP contribution < -0.4 is 11.2 Å². The van der Waals surface area contributed by atoms with Crippen LogP contribution in [0.2, 0.25) is 0 Å². The third kappa shape index (κ3) is 1.30. The molecule has 0 aliphatic rings. The standard InChI is InChI=1S/C9H9N3O3/c1-2-12-7-6(3-5(4-13)10-7)8(14)11-9(12)15/h3-4,10H,2H2,1H3,(H,11,14,15). The van der Waals surface area contributed by atoms with Gasteiger partial charge in [0.2, 0.25) is 0 Å². The van der Waals surface area contributed by atoms with E-state index in [1.165, 1.54) is 10.6 Å². The Morgan fingerprint density at radius 1 is 1.40 bits per heavy atom. The van der Waals surface area contributed by atoms with Gasteiger partial charge in [-0.3, -0.25) is 19.1 Å². The first kappa shape index (κ1) is 9.45. The second-order valence-electron chi connectivity index (χ2n) is 3.11. The van der Waals surface area contributed by atoms with Gasteiger partial charge in [-0.25, -0.2) is 4.79 Å². The van der Waals surface area contributed by atoms with Crippen LogP contribution in [0, 0.1) is 0 Å². The van der Waals surface area contributed by atoms with Crippen LogP contribution in [0.15, 0.2) is 15.7 Å². The fraction of sp³-hybridized carbons (Fsp3) is 0.222. The van der Waals surface area contributed by atoms with Crippen molar-refractivity contribution < 1.29 is 4.79 Å². The minimum Gasteiger partial charge on any atom is -0.338 e. The van der Waals surface area contributed by atoms with Gasteiger partial charge in [0.05, 0.1) is 11.1 Å². The van der Waals surface area contributed by atoms with Gasteiger partial charge in [0, 0.05) is 6.54 Å². The van der Waals surface area contributed by atoms with Gasteiger partial charge in [0.15, 0.2) is 6.29 Å². The van der Waals surface area contributed by atoms with E-state index in [9.17, 15) is 14.4 Å². The normalized spacial score (nSPS) is 10.7. The van der Waals surface area contributed by atoms with Crippen molar-refractivity contribution in [2.75, 3.05) is 0 Å². The summed E-state index contributed by atoms with van der Waals surface area (Å²) in [6.07, 6.45) is 0.601. The monoisotopic (exact) mass is 207 g/mol. The summed E-state index contributed by atoms with van der Waals surface area (Å²) in [5.41, 5.74) is -0.296. The fourth-order valence-electron chi connectivity index (χ4n) is 1.55. The summed E-state index contributed by atoms with van der Waals surface area (Å²) < 4.78 is 1.36. The van der Waals surface area contributed by atoms with Crippen molar-refractivity contribution in [2.45, 2.75) is 13.5 Å². The first-order valence-corrected chi connectivity index (χ1v) is 4.48. The number of aromatic amines is 2. The van der Waals surface area contributed by atoms with Crippen LogP contribution in [0.5, 0.6) is 0 Å². The zero-order valence-corrected chi connectivity index (χ0v) is 8.03. The molecule has 2 N–H and O–H groups in total. The molecule has 0 unspecified atom stereocenters. The number of hydrogen-bond acceptors (Lipinski definition) is 3. The molecule has 0 aliphatic carbocycles. The van der Waals surface area contributed by atoms with E-state index in [0.717, 1.165) is 0 Å². The van der Waals surface area contributed by atoms with Gasteiger partial charge in [-0.2, -0.15) is 0 Å². The fourth-order valence-corrected chi connectivity index (χ4v) is 1.55. The second kappa shape index (κ2) is 3.23. The molecule has 0 saturated heterocycles. The predicted molar refractivity (Wildman–Crippen MR) is 54.2 cm³/mol. The number of fused-ring (bicyclic) bond motifs is 1. The van der Waals surface area contributed by atoms with E-state index < -0.39 is 11.2 Å². The Morgan fingerprint density at radius 3 is 2.73 bits per heavy atom. The van der Waals surface area contributed by atoms with Gasteiger partial charge in [0.1, 0.15) is 5.65 Å². The summed E-state index contributed by atoms with van der Waals surface area (Å²) in [5, 5.41) is 0.318. The zero-order chi connectivity index (χ0) is 11.0. The van der Waals surface area contributed by atoms with Crippen molar-refractivity contribution in [3.8, 4) is 0 Å². The smallest absolute Gasteiger partial charge is 0.329 e. The maximum absolute atomic E-state index is 11.4. The summed E-state index contributed by atoms with van der Waals surface area (Å²) in [4.78, 5) is 38.2. The molecule has 0 aliphatic heterocycles. The maximum Gasteiger partial charge on any atom is 0.329 e. The SMILES string of the molecule is CCn1c(=O)[nH]c(=O)c2cc(C=O)[nH]c21. The van der Waals surface area contributed by atoms with E-state index in [-0.39, 0.29) is 5.69 Å². The summed E-state index contributed by atoms with van der Waals surface area (Å²) in [5.74, 6) is 0. The lowest BCUT2D eigenvalue weighted by molar-refractivity contribution is 0.111. The average molecular weight is 207 g/mol. The topological polar surface area (TPSA) is 87.7 Å². The van der Waals surface area contributed by atoms with Crippen molar-refractivity contribution >= 4 is 17.3 Å². The molecule has 2 aromatic heterocycles.